The van der Waals surface area contributed by atoms with E-state index in [4.69, 9.17) is 33.7 Å². The third kappa shape index (κ3) is 2.91. The van der Waals surface area contributed by atoms with Gasteiger partial charge in [0.25, 0.3) is 0 Å². The number of nitrogens with two attached hydrogens (primary N) is 1. The van der Waals surface area contributed by atoms with Crippen LogP contribution in [0.15, 0.2) is 12.1 Å². The van der Waals surface area contributed by atoms with E-state index in [1.165, 1.54) is 0 Å². The fourth-order valence-corrected chi connectivity index (χ4v) is 1.99. The average Bonchev–Trinajstić information content (AvgIpc) is 2.72. The maximum absolute atomic E-state index is 11.3. The first-order chi connectivity index (χ1) is 8.58. The van der Waals surface area contributed by atoms with Gasteiger partial charge in [-0.3, -0.25) is 0 Å². The first kappa shape index (κ1) is 13.1. The van der Waals surface area contributed by atoms with E-state index in [9.17, 15) is 4.79 Å². The van der Waals surface area contributed by atoms with Crippen molar-refractivity contribution in [2.45, 2.75) is 0 Å². The number of hydrogen-bond acceptors (Lipinski definition) is 3. The number of benzene rings is 1. The fourth-order valence-electron chi connectivity index (χ4n) is 1.66. The predicted molar refractivity (Wildman–Crippen MR) is 71.3 cm³/mol. The smallest absolute Gasteiger partial charge is 0.317 e. The number of carbonyl (C=O) groups is 1. The third-order valence-electron chi connectivity index (χ3n) is 2.62. The first-order valence-electron chi connectivity index (χ1n) is 5.48. The van der Waals surface area contributed by atoms with E-state index in [0.717, 1.165) is 0 Å². The van der Waals surface area contributed by atoms with Crippen molar-refractivity contribution in [3.63, 3.8) is 0 Å². The molecule has 1 saturated heterocycles. The molecule has 2 amide bonds. The van der Waals surface area contributed by atoms with Gasteiger partial charge in [-0.05, 0) is 6.07 Å². The van der Waals surface area contributed by atoms with Crippen molar-refractivity contribution in [1.82, 2.24) is 10.2 Å². The summed E-state index contributed by atoms with van der Waals surface area (Å²) in [5.41, 5.74) is 6.18. The van der Waals surface area contributed by atoms with Crippen molar-refractivity contribution >= 4 is 34.9 Å². The van der Waals surface area contributed by atoms with Gasteiger partial charge < -0.3 is 20.7 Å². The summed E-state index contributed by atoms with van der Waals surface area (Å²) in [4.78, 5) is 13.0. The Kier molecular flexibility index (Phi) is 4.04. The predicted octanol–water partition coefficient (Wildman–Crippen LogP) is 1.98. The summed E-state index contributed by atoms with van der Waals surface area (Å²) in [6, 6.07) is 3.05. The highest BCUT2D eigenvalue weighted by Gasteiger charge is 2.18. The molecule has 0 bridgehead atoms. The van der Waals surface area contributed by atoms with Crippen molar-refractivity contribution in [2.75, 3.05) is 32.0 Å². The SMILES string of the molecule is Nc1cc(Cl)c(Cl)cc1OCCN1CCNC1=O. The quantitative estimate of drug-likeness (QED) is 0.833. The van der Waals surface area contributed by atoms with Crippen molar-refractivity contribution in [1.29, 1.82) is 0 Å². The normalized spacial score (nSPS) is 14.8. The Labute approximate surface area is 115 Å². The van der Waals surface area contributed by atoms with Gasteiger partial charge in [-0.2, -0.15) is 0 Å². The average molecular weight is 290 g/mol. The molecule has 0 aromatic heterocycles. The van der Waals surface area contributed by atoms with E-state index >= 15 is 0 Å². The van der Waals surface area contributed by atoms with E-state index < -0.39 is 0 Å². The molecule has 1 aromatic rings. The summed E-state index contributed by atoms with van der Waals surface area (Å²) in [6.07, 6.45) is 0. The van der Waals surface area contributed by atoms with Crippen LogP contribution < -0.4 is 15.8 Å². The Morgan fingerprint density at radius 1 is 1.39 bits per heavy atom. The number of nitrogens with one attached hydrogen (secondary N) is 1. The molecular weight excluding hydrogens is 277 g/mol. The van der Waals surface area contributed by atoms with Crippen LogP contribution in [0.25, 0.3) is 0 Å². The highest BCUT2D eigenvalue weighted by molar-refractivity contribution is 6.42. The Bertz CT molecular complexity index is 468. The summed E-state index contributed by atoms with van der Waals surface area (Å²) < 4.78 is 5.49. The molecule has 0 unspecified atom stereocenters. The maximum Gasteiger partial charge on any atom is 0.317 e. The number of urea groups is 1. The van der Waals surface area contributed by atoms with Gasteiger partial charge in [0.1, 0.15) is 12.4 Å². The molecule has 0 saturated carbocycles. The van der Waals surface area contributed by atoms with Gasteiger partial charge in [0, 0.05) is 19.2 Å². The highest BCUT2D eigenvalue weighted by atomic mass is 35.5. The van der Waals surface area contributed by atoms with E-state index in [0.29, 0.717) is 47.7 Å². The fraction of sp³-hybridized carbons (Fsp3) is 0.364. The van der Waals surface area contributed by atoms with Gasteiger partial charge in [0.05, 0.1) is 22.3 Å². The number of rotatable bonds is 4. The number of ether oxygens (including phenoxy) is 1. The van der Waals surface area contributed by atoms with E-state index in [2.05, 4.69) is 5.32 Å². The molecule has 0 radical (unpaired) electrons. The van der Waals surface area contributed by atoms with Gasteiger partial charge in [-0.25, -0.2) is 4.79 Å². The minimum atomic E-state index is -0.0688. The second-order valence-corrected chi connectivity index (χ2v) is 4.69. The van der Waals surface area contributed by atoms with Gasteiger partial charge >= 0.3 is 6.03 Å². The van der Waals surface area contributed by atoms with E-state index in [1.807, 2.05) is 0 Å². The maximum atomic E-state index is 11.3. The van der Waals surface area contributed by atoms with Crippen molar-refractivity contribution < 1.29 is 9.53 Å². The number of halogens is 2. The Morgan fingerprint density at radius 3 is 2.78 bits per heavy atom. The van der Waals surface area contributed by atoms with E-state index in [-0.39, 0.29) is 6.03 Å². The Hall–Kier alpha value is -1.33. The lowest BCUT2D eigenvalue weighted by atomic mass is 10.3. The molecule has 7 heteroatoms. The van der Waals surface area contributed by atoms with Crippen LogP contribution >= 0.6 is 23.2 Å². The second kappa shape index (κ2) is 5.54. The van der Waals surface area contributed by atoms with Crippen LogP contribution in [-0.2, 0) is 0 Å². The number of nitrogen functional groups attached to an aromatic ring is 1. The molecule has 1 aromatic carbocycles. The Morgan fingerprint density at radius 2 is 2.11 bits per heavy atom. The number of carbonyl (C=O) groups excluding carboxylic acids is 1. The minimum absolute atomic E-state index is 0.0688. The highest BCUT2D eigenvalue weighted by Crippen LogP contribution is 2.32. The molecule has 0 aliphatic carbocycles. The first-order valence-corrected chi connectivity index (χ1v) is 6.23. The van der Waals surface area contributed by atoms with Crippen LogP contribution in [0.3, 0.4) is 0 Å². The number of anilines is 1. The minimum Gasteiger partial charge on any atom is -0.490 e. The summed E-state index contributed by atoms with van der Waals surface area (Å²) in [5.74, 6) is 0.476. The zero-order valence-electron chi connectivity index (χ0n) is 9.58. The van der Waals surface area contributed by atoms with Crippen LogP contribution in [0.2, 0.25) is 10.0 Å². The van der Waals surface area contributed by atoms with Crippen LogP contribution in [0, 0.1) is 0 Å². The van der Waals surface area contributed by atoms with Crippen molar-refractivity contribution in [3.8, 4) is 5.75 Å². The summed E-state index contributed by atoms with van der Waals surface area (Å²) in [6.45, 7) is 2.23. The van der Waals surface area contributed by atoms with Crippen LogP contribution in [0.1, 0.15) is 0 Å². The molecule has 5 nitrogen and oxygen atoms in total. The molecule has 98 valence electrons. The molecule has 0 spiro atoms. The molecule has 2 rings (SSSR count). The monoisotopic (exact) mass is 289 g/mol. The van der Waals surface area contributed by atoms with Crippen LogP contribution in [0.5, 0.6) is 5.75 Å². The van der Waals surface area contributed by atoms with Gasteiger partial charge in [-0.1, -0.05) is 23.2 Å². The third-order valence-corrected chi connectivity index (χ3v) is 3.34. The number of amides is 2. The lowest BCUT2D eigenvalue weighted by Gasteiger charge is -2.15. The lowest BCUT2D eigenvalue weighted by Crippen LogP contribution is -2.31. The summed E-state index contributed by atoms with van der Waals surface area (Å²) >= 11 is 11.7. The van der Waals surface area contributed by atoms with Crippen LogP contribution in [0.4, 0.5) is 10.5 Å². The zero-order valence-corrected chi connectivity index (χ0v) is 11.1. The topological polar surface area (TPSA) is 67.6 Å². The summed E-state index contributed by atoms with van der Waals surface area (Å²) in [5, 5.41) is 3.49. The van der Waals surface area contributed by atoms with E-state index in [1.54, 1.807) is 17.0 Å². The number of nitrogens with zero attached hydrogens (tertiary/aromatic N) is 1. The number of hydrogen-bond donors (Lipinski definition) is 2. The largest absolute Gasteiger partial charge is 0.490 e. The van der Waals surface area contributed by atoms with Crippen molar-refractivity contribution in [3.05, 3.63) is 22.2 Å². The summed E-state index contributed by atoms with van der Waals surface area (Å²) in [7, 11) is 0. The van der Waals surface area contributed by atoms with Crippen molar-refractivity contribution in [2.24, 2.45) is 0 Å². The standard InChI is InChI=1S/C11H13Cl2N3O2/c12-7-5-9(14)10(6-8(7)13)18-4-3-16-2-1-15-11(16)17/h5-6H,1-4,14H2,(H,15,17). The lowest BCUT2D eigenvalue weighted by molar-refractivity contribution is 0.203. The van der Waals surface area contributed by atoms with Gasteiger partial charge in [0.2, 0.25) is 0 Å². The second-order valence-electron chi connectivity index (χ2n) is 3.87. The molecule has 1 heterocycles. The van der Waals surface area contributed by atoms with Crippen LogP contribution in [-0.4, -0.2) is 37.2 Å². The molecule has 1 aliphatic heterocycles. The zero-order chi connectivity index (χ0) is 13.1. The van der Waals surface area contributed by atoms with Gasteiger partial charge in [-0.15, -0.1) is 0 Å². The molecule has 1 aliphatic rings. The Balaban J connectivity index is 1.90. The molecule has 3 N–H and O–H groups in total. The molecule has 0 atom stereocenters. The molecule has 1 fully saturated rings. The van der Waals surface area contributed by atoms with Gasteiger partial charge in [0.15, 0.2) is 0 Å². The molecular formula is C11H13Cl2N3O2. The molecule has 18 heavy (non-hydrogen) atoms.